The van der Waals surface area contributed by atoms with Gasteiger partial charge in [0.15, 0.2) is 23.7 Å². The fourth-order valence-corrected chi connectivity index (χ4v) is 5.49. The van der Waals surface area contributed by atoms with Crippen molar-refractivity contribution in [2.75, 3.05) is 18.1 Å². The summed E-state index contributed by atoms with van der Waals surface area (Å²) in [5, 5.41) is 24.7. The minimum atomic E-state index is -1.25. The number of aromatic carboxylic acids is 1. The number of nitrogen functional groups attached to an aromatic ring is 1. The maximum atomic E-state index is 13.0. The van der Waals surface area contributed by atoms with Crippen LogP contribution in [-0.4, -0.2) is 77.7 Å². The molecule has 0 bridgehead atoms. The molecule has 2 aromatic heterocycles. The van der Waals surface area contributed by atoms with E-state index in [-0.39, 0.29) is 41.0 Å². The molecule has 1 unspecified atom stereocenters. The second kappa shape index (κ2) is 11.4. The van der Waals surface area contributed by atoms with Gasteiger partial charge in [-0.3, -0.25) is 14.5 Å². The predicted molar refractivity (Wildman–Crippen MR) is 136 cm³/mol. The number of aromatic nitrogens is 3. The Morgan fingerprint density at radius 3 is 2.66 bits per heavy atom. The fourth-order valence-electron chi connectivity index (χ4n) is 3.69. The molecule has 0 saturated carbocycles. The van der Waals surface area contributed by atoms with Crippen molar-refractivity contribution in [1.82, 2.24) is 19.6 Å². The molecule has 0 aromatic carbocycles. The first-order valence-corrected chi connectivity index (χ1v) is 12.9. The number of pyridine rings is 1. The number of carboxylic acids is 2. The van der Waals surface area contributed by atoms with Crippen molar-refractivity contribution >= 4 is 64.1 Å². The second-order valence-electron chi connectivity index (χ2n) is 7.86. The summed E-state index contributed by atoms with van der Waals surface area (Å²) in [6, 6.07) is 1.89. The fraction of sp³-hybridized carbons (Fsp3) is 0.273. The van der Waals surface area contributed by atoms with Gasteiger partial charge >= 0.3 is 11.9 Å². The van der Waals surface area contributed by atoms with Gasteiger partial charge in [0, 0.05) is 29.4 Å². The standard InChI is InChI=1S/C22H21N7O7S2/c1-2-36-26-13(16-25-22(23)38-27-16)17(30)24-14-18(31)29-15(21(34)35)12(10-37-19(14)29)4-3-7-28-8-5-11(6-9-28)20(32)33/h3,5-9,14,19H,2,4,10H2,1H3,(H4-,23,24,25,27,30,32,33,34,35)/p+1/b7-3+,26-13+/t14?,19-/m1/s1. The summed E-state index contributed by atoms with van der Waals surface area (Å²) in [5.74, 6) is -3.35. The summed E-state index contributed by atoms with van der Waals surface area (Å²) in [5.41, 5.74) is 5.89. The highest BCUT2D eigenvalue weighted by molar-refractivity contribution is 8.00. The van der Waals surface area contributed by atoms with Crippen molar-refractivity contribution < 1.29 is 38.8 Å². The van der Waals surface area contributed by atoms with Crippen LogP contribution < -0.4 is 15.6 Å². The van der Waals surface area contributed by atoms with E-state index in [0.29, 0.717) is 11.3 Å². The quantitative estimate of drug-likeness (QED) is 0.133. The van der Waals surface area contributed by atoms with Gasteiger partial charge in [-0.05, 0) is 25.0 Å². The molecule has 0 aliphatic carbocycles. The molecule has 1 saturated heterocycles. The van der Waals surface area contributed by atoms with Crippen LogP contribution >= 0.6 is 23.3 Å². The van der Waals surface area contributed by atoms with E-state index in [9.17, 15) is 24.3 Å². The summed E-state index contributed by atoms with van der Waals surface area (Å²) < 4.78 is 5.59. The topological polar surface area (TPSA) is 201 Å². The SMILES string of the molecule is CCO/N=C(/C(=O)NC1C(=O)N2C(C(=O)O)=C(C/C=C/[n+]3ccc(C(=O)O)cc3)CS[C@H]12)c1nsc(N)n1. The lowest BCUT2D eigenvalue weighted by Crippen LogP contribution is -2.71. The number of nitrogens with one attached hydrogen (secondary N) is 1. The average molecular weight is 561 g/mol. The lowest BCUT2D eigenvalue weighted by atomic mass is 10.0. The highest BCUT2D eigenvalue weighted by atomic mass is 32.2. The Labute approximate surface area is 223 Å². The summed E-state index contributed by atoms with van der Waals surface area (Å²) in [4.78, 5) is 59.0. The zero-order chi connectivity index (χ0) is 27.4. The molecule has 0 spiro atoms. The molecule has 1 fully saturated rings. The molecule has 16 heteroatoms. The van der Waals surface area contributed by atoms with E-state index in [2.05, 4.69) is 19.8 Å². The average Bonchev–Trinajstić information content (AvgIpc) is 3.32. The number of thioether (sulfide) groups is 1. The van der Waals surface area contributed by atoms with Gasteiger partial charge in [0.05, 0.1) is 5.56 Å². The van der Waals surface area contributed by atoms with Crippen molar-refractivity contribution in [3.8, 4) is 0 Å². The van der Waals surface area contributed by atoms with E-state index in [1.54, 1.807) is 36.2 Å². The molecule has 2 aliphatic rings. The number of carbonyl (C=O) groups excluding carboxylic acids is 2. The van der Waals surface area contributed by atoms with Crippen LogP contribution in [0, 0.1) is 0 Å². The molecule has 2 aromatic rings. The molecule has 38 heavy (non-hydrogen) atoms. The maximum Gasteiger partial charge on any atom is 0.352 e. The Kier molecular flexibility index (Phi) is 8.02. The maximum absolute atomic E-state index is 13.0. The Hall–Kier alpha value is -4.31. The molecule has 2 aliphatic heterocycles. The minimum absolute atomic E-state index is 0.0472. The van der Waals surface area contributed by atoms with Gasteiger partial charge < -0.3 is 26.1 Å². The Morgan fingerprint density at radius 1 is 1.32 bits per heavy atom. The first-order chi connectivity index (χ1) is 18.2. The molecule has 4 rings (SSSR count). The van der Waals surface area contributed by atoms with Gasteiger partial charge in [-0.1, -0.05) is 5.16 Å². The first-order valence-electron chi connectivity index (χ1n) is 11.1. The number of fused-ring (bicyclic) bond motifs is 1. The number of aliphatic carboxylic acids is 1. The number of nitrogens with zero attached hydrogens (tertiary/aromatic N) is 5. The lowest BCUT2D eigenvalue weighted by molar-refractivity contribution is -0.568. The number of nitrogens with two attached hydrogens (primary N) is 1. The zero-order valence-electron chi connectivity index (χ0n) is 19.8. The number of anilines is 1. The summed E-state index contributed by atoms with van der Waals surface area (Å²) in [6.07, 6.45) is 6.74. The number of carboxylic acid groups (broad SMARTS) is 2. The molecule has 2 atom stereocenters. The van der Waals surface area contributed by atoms with E-state index >= 15 is 0 Å². The van der Waals surface area contributed by atoms with Crippen LogP contribution in [0.1, 0.15) is 29.5 Å². The third-order valence-electron chi connectivity index (χ3n) is 5.43. The van der Waals surface area contributed by atoms with Gasteiger partial charge in [-0.15, -0.1) is 11.8 Å². The van der Waals surface area contributed by atoms with Crippen LogP contribution in [0.2, 0.25) is 0 Å². The minimum Gasteiger partial charge on any atom is -0.478 e. The summed E-state index contributed by atoms with van der Waals surface area (Å²) >= 11 is 2.19. The number of carbonyl (C=O) groups is 4. The number of amides is 2. The molecule has 4 heterocycles. The smallest absolute Gasteiger partial charge is 0.352 e. The molecule has 14 nitrogen and oxygen atoms in total. The highest BCUT2D eigenvalue weighted by Crippen LogP contribution is 2.41. The van der Waals surface area contributed by atoms with Crippen molar-refractivity contribution in [2.24, 2.45) is 5.16 Å². The number of oxime groups is 1. The van der Waals surface area contributed by atoms with E-state index in [0.717, 1.165) is 16.4 Å². The van der Waals surface area contributed by atoms with Gasteiger partial charge in [-0.25, -0.2) is 9.59 Å². The normalized spacial score (nSPS) is 19.2. The lowest BCUT2D eigenvalue weighted by Gasteiger charge is -2.49. The molecule has 5 N–H and O–H groups in total. The van der Waals surface area contributed by atoms with Gasteiger partial charge in [0.1, 0.15) is 23.7 Å². The number of hydrogen-bond donors (Lipinski definition) is 4. The highest BCUT2D eigenvalue weighted by Gasteiger charge is 2.54. The molecule has 198 valence electrons. The predicted octanol–water partition coefficient (Wildman–Crippen LogP) is 0.146. The number of hydrogen-bond acceptors (Lipinski definition) is 11. The number of rotatable bonds is 10. The van der Waals surface area contributed by atoms with E-state index in [4.69, 9.17) is 15.7 Å². The molecular weight excluding hydrogens is 538 g/mol. The Bertz CT molecular complexity index is 1370. The van der Waals surface area contributed by atoms with Gasteiger partial charge in [0.25, 0.3) is 11.8 Å². The van der Waals surface area contributed by atoms with Gasteiger partial charge in [-0.2, -0.15) is 13.9 Å². The molecule has 2 amide bonds. The van der Waals surface area contributed by atoms with E-state index in [1.165, 1.54) is 23.9 Å². The zero-order valence-corrected chi connectivity index (χ0v) is 21.4. The largest absolute Gasteiger partial charge is 0.478 e. The van der Waals surface area contributed by atoms with E-state index < -0.39 is 35.2 Å². The van der Waals surface area contributed by atoms with Crippen molar-refractivity contribution in [3.05, 3.63) is 53.3 Å². The Balaban J connectivity index is 1.47. The third-order valence-corrected chi connectivity index (χ3v) is 7.31. The third kappa shape index (κ3) is 5.50. The van der Waals surface area contributed by atoms with Crippen LogP contribution in [0.5, 0.6) is 0 Å². The van der Waals surface area contributed by atoms with Gasteiger partial charge in [0.2, 0.25) is 11.5 Å². The van der Waals surface area contributed by atoms with Crippen LogP contribution in [-0.2, 0) is 19.2 Å². The summed E-state index contributed by atoms with van der Waals surface area (Å²) in [7, 11) is 0. The first kappa shape index (κ1) is 26.7. The van der Waals surface area contributed by atoms with Crippen molar-refractivity contribution in [3.63, 3.8) is 0 Å². The van der Waals surface area contributed by atoms with Crippen LogP contribution in [0.15, 0.2) is 47.0 Å². The van der Waals surface area contributed by atoms with Crippen molar-refractivity contribution in [2.45, 2.75) is 24.8 Å². The molecular formula is C22H22N7O7S2+. The van der Waals surface area contributed by atoms with Crippen LogP contribution in [0.25, 0.3) is 6.20 Å². The van der Waals surface area contributed by atoms with E-state index in [1.807, 2.05) is 0 Å². The Morgan fingerprint density at radius 2 is 2.05 bits per heavy atom. The number of allylic oxidation sites excluding steroid dienone is 1. The second-order valence-corrected chi connectivity index (χ2v) is 9.75. The molecule has 0 radical (unpaired) electrons. The van der Waals surface area contributed by atoms with Crippen LogP contribution in [0.3, 0.4) is 0 Å². The van der Waals surface area contributed by atoms with Crippen molar-refractivity contribution in [1.29, 1.82) is 0 Å². The summed E-state index contributed by atoms with van der Waals surface area (Å²) in [6.45, 7) is 1.86. The number of β-lactam (4-membered cyclic amide) rings is 1. The monoisotopic (exact) mass is 560 g/mol. The van der Waals surface area contributed by atoms with Crippen LogP contribution in [0.4, 0.5) is 5.13 Å².